The summed E-state index contributed by atoms with van der Waals surface area (Å²) < 4.78 is 4.99. The van der Waals surface area contributed by atoms with Crippen LogP contribution in [0.2, 0.25) is 0 Å². The fourth-order valence-corrected chi connectivity index (χ4v) is 9.19. The highest BCUT2D eigenvalue weighted by molar-refractivity contribution is 7.26. The SMILES string of the molecule is C=C(/C(=C\N=C(C)c1ccccc1)n1c2ccc3ccccc3c2c2cc(-c3ccc4ccccc4c3)c3sc4ccccc4c3c21)c1ccccc1. The molecule has 0 unspecified atom stereocenters. The second-order valence-corrected chi connectivity index (χ2v) is 14.7. The van der Waals surface area contributed by atoms with Crippen molar-refractivity contribution in [2.24, 2.45) is 4.99 Å². The van der Waals surface area contributed by atoms with E-state index in [0.717, 1.165) is 33.6 Å². The maximum atomic E-state index is 5.17. The van der Waals surface area contributed by atoms with Gasteiger partial charge in [0, 0.05) is 47.8 Å². The van der Waals surface area contributed by atoms with Crippen molar-refractivity contribution in [3.63, 3.8) is 0 Å². The fraction of sp³-hybridized carbons (Fsp3) is 0.0200. The minimum Gasteiger partial charge on any atom is -0.306 e. The van der Waals surface area contributed by atoms with Gasteiger partial charge in [-0.15, -0.1) is 11.3 Å². The lowest BCUT2D eigenvalue weighted by Crippen LogP contribution is -2.01. The quantitative estimate of drug-likeness (QED) is 0.122. The lowest BCUT2D eigenvalue weighted by molar-refractivity contribution is 1.24. The van der Waals surface area contributed by atoms with Gasteiger partial charge in [-0.25, -0.2) is 0 Å². The molecule has 0 radical (unpaired) electrons. The van der Waals surface area contributed by atoms with Crippen LogP contribution in [0.15, 0.2) is 188 Å². The highest BCUT2D eigenvalue weighted by Crippen LogP contribution is 2.49. The summed E-state index contributed by atoms with van der Waals surface area (Å²) in [6.07, 6.45) is 2.03. The smallest absolute Gasteiger partial charge is 0.0717 e. The molecule has 0 aliphatic heterocycles. The largest absolute Gasteiger partial charge is 0.306 e. The van der Waals surface area contributed by atoms with Crippen molar-refractivity contribution in [3.05, 3.63) is 194 Å². The van der Waals surface area contributed by atoms with Crippen LogP contribution in [0.25, 0.3) is 85.9 Å². The minimum atomic E-state index is 0.911. The molecule has 0 aliphatic carbocycles. The predicted octanol–water partition coefficient (Wildman–Crippen LogP) is 14.2. The molecule has 0 amide bonds. The zero-order chi connectivity index (χ0) is 35.5. The standard InChI is InChI=1S/C50H34N2S/c1-32(34-15-5-3-6-16-34)45(31-51-33(2)35-17-7-4-8-18-35)52-44-28-27-37-20-11-12-22-40(37)47(44)43-30-42(39-26-25-36-19-9-10-21-38(36)29-39)50-48(49(43)52)41-23-13-14-24-46(41)53-50/h3-31H,1H2,2H3/b45-31+,51-33?. The number of nitrogens with zero attached hydrogens (tertiary/aromatic N) is 2. The van der Waals surface area contributed by atoms with E-state index in [0.29, 0.717) is 0 Å². The molecule has 2 heterocycles. The molecular weight excluding hydrogens is 661 g/mol. The van der Waals surface area contributed by atoms with Crippen LogP contribution in [0.4, 0.5) is 0 Å². The number of aliphatic imine (C=N–C) groups is 1. The van der Waals surface area contributed by atoms with Crippen LogP contribution in [-0.2, 0) is 0 Å². The van der Waals surface area contributed by atoms with Gasteiger partial charge < -0.3 is 4.57 Å². The molecule has 0 saturated carbocycles. The van der Waals surface area contributed by atoms with Gasteiger partial charge in [0.1, 0.15) is 0 Å². The van der Waals surface area contributed by atoms with Crippen molar-refractivity contribution in [1.29, 1.82) is 0 Å². The summed E-state index contributed by atoms with van der Waals surface area (Å²) in [6.45, 7) is 6.85. The molecule has 2 nitrogen and oxygen atoms in total. The van der Waals surface area contributed by atoms with Gasteiger partial charge >= 0.3 is 0 Å². The van der Waals surface area contributed by atoms with E-state index in [4.69, 9.17) is 11.6 Å². The summed E-state index contributed by atoms with van der Waals surface area (Å²) in [4.78, 5) is 5.17. The van der Waals surface area contributed by atoms with Crippen LogP contribution in [0.5, 0.6) is 0 Å². The summed E-state index contributed by atoms with van der Waals surface area (Å²) in [5.41, 5.74) is 9.71. The molecule has 10 aromatic rings. The first kappa shape index (κ1) is 31.2. The number of fused-ring (bicyclic) bond motifs is 10. The topological polar surface area (TPSA) is 17.3 Å². The zero-order valence-electron chi connectivity index (χ0n) is 29.3. The lowest BCUT2D eigenvalue weighted by Gasteiger charge is -2.17. The average molecular weight is 695 g/mol. The molecule has 250 valence electrons. The summed E-state index contributed by atoms with van der Waals surface area (Å²) in [5, 5.41) is 9.87. The Labute approximate surface area is 311 Å². The molecule has 0 fully saturated rings. The molecular formula is C50H34N2S. The Balaban J connectivity index is 1.39. The van der Waals surface area contributed by atoms with E-state index in [1.54, 1.807) is 0 Å². The Morgan fingerprint density at radius 3 is 2.02 bits per heavy atom. The first-order valence-corrected chi connectivity index (χ1v) is 18.8. The van der Waals surface area contributed by atoms with Gasteiger partial charge in [-0.2, -0.15) is 0 Å². The Kier molecular flexibility index (Phi) is 7.41. The van der Waals surface area contributed by atoms with Crippen LogP contribution in [0.3, 0.4) is 0 Å². The Hall–Kier alpha value is -6.55. The molecule has 2 aromatic heterocycles. The highest BCUT2D eigenvalue weighted by atomic mass is 32.1. The maximum Gasteiger partial charge on any atom is 0.0717 e. The van der Waals surface area contributed by atoms with Crippen LogP contribution < -0.4 is 0 Å². The van der Waals surface area contributed by atoms with Crippen LogP contribution in [0.1, 0.15) is 18.1 Å². The summed E-state index contributed by atoms with van der Waals surface area (Å²) in [6, 6.07) is 61.0. The molecule has 0 saturated heterocycles. The lowest BCUT2D eigenvalue weighted by atomic mass is 9.96. The molecule has 0 spiro atoms. The van der Waals surface area contributed by atoms with Gasteiger partial charge in [0.05, 0.1) is 22.9 Å². The van der Waals surface area contributed by atoms with Crippen molar-refractivity contribution >= 4 is 91.8 Å². The molecule has 0 N–H and O–H groups in total. The number of hydrogen-bond acceptors (Lipinski definition) is 2. The summed E-state index contributed by atoms with van der Waals surface area (Å²) in [7, 11) is 0. The van der Waals surface area contributed by atoms with Crippen molar-refractivity contribution in [1.82, 2.24) is 4.57 Å². The molecule has 8 aromatic carbocycles. The third-order valence-corrected chi connectivity index (χ3v) is 11.8. The van der Waals surface area contributed by atoms with Gasteiger partial charge in [0.25, 0.3) is 0 Å². The van der Waals surface area contributed by atoms with Crippen LogP contribution in [-0.4, -0.2) is 10.3 Å². The van der Waals surface area contributed by atoms with E-state index in [9.17, 15) is 0 Å². The van der Waals surface area contributed by atoms with E-state index in [2.05, 4.69) is 175 Å². The van der Waals surface area contributed by atoms with E-state index < -0.39 is 0 Å². The normalized spacial score (nSPS) is 12.5. The van der Waals surface area contributed by atoms with E-state index in [-0.39, 0.29) is 0 Å². The third kappa shape index (κ3) is 5.12. The van der Waals surface area contributed by atoms with E-state index in [1.165, 1.54) is 69.1 Å². The summed E-state index contributed by atoms with van der Waals surface area (Å²) in [5.74, 6) is 0. The van der Waals surface area contributed by atoms with Crippen molar-refractivity contribution < 1.29 is 0 Å². The molecule has 0 aliphatic rings. The number of benzene rings is 8. The Morgan fingerprint density at radius 1 is 0.585 bits per heavy atom. The molecule has 10 rings (SSSR count). The van der Waals surface area contributed by atoms with Gasteiger partial charge in [0.15, 0.2) is 0 Å². The number of hydrogen-bond donors (Lipinski definition) is 0. The first-order chi connectivity index (χ1) is 26.1. The zero-order valence-corrected chi connectivity index (χ0v) is 30.1. The monoisotopic (exact) mass is 694 g/mol. The van der Waals surface area contributed by atoms with Gasteiger partial charge in [0.2, 0.25) is 0 Å². The van der Waals surface area contributed by atoms with Gasteiger partial charge in [-0.1, -0.05) is 152 Å². The second-order valence-electron chi connectivity index (χ2n) is 13.6. The van der Waals surface area contributed by atoms with E-state index in [1.807, 2.05) is 23.6 Å². The average Bonchev–Trinajstić information content (AvgIpc) is 3.77. The van der Waals surface area contributed by atoms with Gasteiger partial charge in [-0.3, -0.25) is 4.99 Å². The number of aromatic nitrogens is 1. The summed E-state index contributed by atoms with van der Waals surface area (Å²) >= 11 is 1.87. The fourth-order valence-electron chi connectivity index (χ4n) is 7.95. The molecule has 3 heteroatoms. The molecule has 53 heavy (non-hydrogen) atoms. The highest BCUT2D eigenvalue weighted by Gasteiger charge is 2.24. The second kappa shape index (κ2) is 12.6. The number of rotatable bonds is 6. The van der Waals surface area contributed by atoms with Crippen LogP contribution >= 0.6 is 11.3 Å². The first-order valence-electron chi connectivity index (χ1n) is 18.0. The van der Waals surface area contributed by atoms with Crippen molar-refractivity contribution in [2.75, 3.05) is 0 Å². The van der Waals surface area contributed by atoms with Crippen molar-refractivity contribution in [3.8, 4) is 11.1 Å². The number of thiophene rings is 1. The molecule has 0 atom stereocenters. The Bertz CT molecular complexity index is 3120. The van der Waals surface area contributed by atoms with E-state index >= 15 is 0 Å². The third-order valence-electron chi connectivity index (χ3n) is 10.6. The van der Waals surface area contributed by atoms with Gasteiger partial charge in [-0.05, 0) is 69.4 Å². The van der Waals surface area contributed by atoms with Crippen molar-refractivity contribution in [2.45, 2.75) is 6.92 Å². The Morgan fingerprint density at radius 2 is 1.23 bits per heavy atom. The minimum absolute atomic E-state index is 0.911. The molecule has 0 bridgehead atoms. The predicted molar refractivity (Wildman–Crippen MR) is 231 cm³/mol. The number of allylic oxidation sites excluding steroid dienone is 2. The van der Waals surface area contributed by atoms with Crippen LogP contribution in [0, 0.1) is 0 Å². The maximum absolute atomic E-state index is 5.17.